The van der Waals surface area contributed by atoms with Crippen LogP contribution in [0.2, 0.25) is 0 Å². The van der Waals surface area contributed by atoms with Crippen molar-refractivity contribution in [1.29, 1.82) is 0 Å². The van der Waals surface area contributed by atoms with E-state index < -0.39 is 0 Å². The second-order valence-electron chi connectivity index (χ2n) is 12.8. The summed E-state index contributed by atoms with van der Waals surface area (Å²) >= 11 is 1.75. The Kier molecular flexibility index (Phi) is 5.80. The molecule has 10 aromatic rings. The highest BCUT2D eigenvalue weighted by Crippen LogP contribution is 2.54. The number of thiophene rings is 1. The quantitative estimate of drug-likeness (QED) is 0.190. The van der Waals surface area contributed by atoms with Gasteiger partial charge < -0.3 is 4.90 Å². The van der Waals surface area contributed by atoms with Crippen molar-refractivity contribution in [1.82, 2.24) is 15.0 Å². The van der Waals surface area contributed by atoms with Crippen molar-refractivity contribution in [3.63, 3.8) is 0 Å². The molecule has 0 amide bonds. The van der Waals surface area contributed by atoms with E-state index >= 15 is 0 Å². The molecule has 7 aromatic carbocycles. The normalized spacial score (nSPS) is 12.4. The van der Waals surface area contributed by atoms with Crippen molar-refractivity contribution >= 4 is 81.0 Å². The lowest BCUT2D eigenvalue weighted by molar-refractivity contribution is 1.23. The third kappa shape index (κ3) is 3.95. The Bertz CT molecular complexity index is 3000. The molecule has 0 bridgehead atoms. The fourth-order valence-electron chi connectivity index (χ4n) is 7.85. The monoisotopic (exact) mass is 654 g/mol. The van der Waals surface area contributed by atoms with Crippen molar-refractivity contribution in [3.8, 4) is 33.8 Å². The van der Waals surface area contributed by atoms with E-state index in [2.05, 4.69) is 143 Å². The van der Waals surface area contributed by atoms with Gasteiger partial charge in [0.1, 0.15) is 0 Å². The van der Waals surface area contributed by atoms with Gasteiger partial charge in [-0.15, -0.1) is 11.3 Å². The molecular formula is C45H26N4S. The third-order valence-electron chi connectivity index (χ3n) is 10.1. The Hall–Kier alpha value is -6.43. The van der Waals surface area contributed by atoms with Crippen LogP contribution >= 0.6 is 11.3 Å². The SMILES string of the molecule is c1ccc2c(N3c4c(ccc5ccccc45)-c4cccc5cccc3c45)cc(-c3nc(-c4ccncc4)c4sc5ccccc5c4n3)cc2c1. The van der Waals surface area contributed by atoms with Crippen LogP contribution in [0.1, 0.15) is 0 Å². The molecule has 1 aliphatic heterocycles. The van der Waals surface area contributed by atoms with Gasteiger partial charge in [-0.25, -0.2) is 9.97 Å². The minimum Gasteiger partial charge on any atom is -0.308 e. The number of benzene rings is 7. The maximum absolute atomic E-state index is 5.35. The zero-order valence-electron chi connectivity index (χ0n) is 26.7. The molecule has 232 valence electrons. The second kappa shape index (κ2) is 10.5. The summed E-state index contributed by atoms with van der Waals surface area (Å²) in [6.45, 7) is 0. The van der Waals surface area contributed by atoms with E-state index in [1.165, 1.54) is 54.1 Å². The molecule has 0 aliphatic carbocycles. The molecular weight excluding hydrogens is 629 g/mol. The van der Waals surface area contributed by atoms with Crippen LogP contribution in [0.3, 0.4) is 0 Å². The third-order valence-corrected chi connectivity index (χ3v) is 11.2. The molecule has 0 saturated heterocycles. The van der Waals surface area contributed by atoms with Crippen molar-refractivity contribution in [2.75, 3.05) is 4.90 Å². The standard InChI is InChI=1S/C45H26N4S/c1-4-14-33-27(9-1)19-20-35-34-16-7-11-28-12-8-17-37(40(28)34)49(43(33)35)38-26-31(25-30-10-2-3-13-32(30)38)45-47-41(29-21-23-46-24-22-29)44-42(48-45)36-15-5-6-18-39(36)50-44/h1-26H. The smallest absolute Gasteiger partial charge is 0.160 e. The molecule has 0 radical (unpaired) electrons. The molecule has 3 aromatic heterocycles. The van der Waals surface area contributed by atoms with Crippen LogP contribution in [0.15, 0.2) is 158 Å². The lowest BCUT2D eigenvalue weighted by atomic mass is 9.88. The van der Waals surface area contributed by atoms with Gasteiger partial charge in [0, 0.05) is 55.3 Å². The number of hydrogen-bond donors (Lipinski definition) is 0. The predicted octanol–water partition coefficient (Wildman–Crippen LogP) is 12.5. The first-order valence-electron chi connectivity index (χ1n) is 16.8. The summed E-state index contributed by atoms with van der Waals surface area (Å²) in [5.41, 5.74) is 9.85. The number of fused-ring (bicyclic) bond motifs is 8. The van der Waals surface area contributed by atoms with E-state index in [1.807, 2.05) is 24.5 Å². The summed E-state index contributed by atoms with van der Waals surface area (Å²) in [6.07, 6.45) is 3.67. The second-order valence-corrected chi connectivity index (χ2v) is 13.9. The number of hydrogen-bond acceptors (Lipinski definition) is 5. The molecule has 4 heterocycles. The Balaban J connectivity index is 1.25. The first-order valence-corrected chi connectivity index (χ1v) is 17.6. The van der Waals surface area contributed by atoms with Gasteiger partial charge in [0.05, 0.1) is 33.0 Å². The molecule has 5 heteroatoms. The summed E-state index contributed by atoms with van der Waals surface area (Å²) in [5, 5.41) is 8.36. The molecule has 50 heavy (non-hydrogen) atoms. The van der Waals surface area contributed by atoms with E-state index in [9.17, 15) is 0 Å². The zero-order chi connectivity index (χ0) is 32.8. The van der Waals surface area contributed by atoms with Gasteiger partial charge in [0.2, 0.25) is 0 Å². The maximum Gasteiger partial charge on any atom is 0.160 e. The van der Waals surface area contributed by atoms with E-state index in [-0.39, 0.29) is 0 Å². The van der Waals surface area contributed by atoms with E-state index in [1.54, 1.807) is 11.3 Å². The van der Waals surface area contributed by atoms with E-state index in [0.29, 0.717) is 5.82 Å². The molecule has 0 spiro atoms. The fourth-order valence-corrected chi connectivity index (χ4v) is 9.00. The van der Waals surface area contributed by atoms with Crippen LogP contribution in [-0.4, -0.2) is 15.0 Å². The largest absolute Gasteiger partial charge is 0.308 e. The topological polar surface area (TPSA) is 41.9 Å². The Morgan fingerprint density at radius 1 is 0.500 bits per heavy atom. The number of rotatable bonds is 3. The van der Waals surface area contributed by atoms with Crippen LogP contribution < -0.4 is 4.90 Å². The molecule has 0 unspecified atom stereocenters. The summed E-state index contributed by atoms with van der Waals surface area (Å²) in [6, 6.07) is 52.4. The van der Waals surface area contributed by atoms with Gasteiger partial charge >= 0.3 is 0 Å². The molecule has 11 rings (SSSR count). The summed E-state index contributed by atoms with van der Waals surface area (Å²) in [7, 11) is 0. The van der Waals surface area contributed by atoms with Crippen molar-refractivity contribution in [2.24, 2.45) is 0 Å². The minimum atomic E-state index is 0.702. The number of nitrogens with zero attached hydrogens (tertiary/aromatic N) is 4. The van der Waals surface area contributed by atoms with Crippen LogP contribution in [0, 0.1) is 0 Å². The first-order chi connectivity index (χ1) is 24.8. The van der Waals surface area contributed by atoms with Crippen molar-refractivity contribution in [2.45, 2.75) is 0 Å². The number of anilines is 3. The summed E-state index contributed by atoms with van der Waals surface area (Å²) in [4.78, 5) is 17.5. The number of pyridine rings is 1. The first kappa shape index (κ1) is 27.5. The predicted molar refractivity (Wildman–Crippen MR) is 210 cm³/mol. The van der Waals surface area contributed by atoms with Crippen molar-refractivity contribution < 1.29 is 0 Å². The van der Waals surface area contributed by atoms with Gasteiger partial charge in [-0.2, -0.15) is 0 Å². The molecule has 0 saturated carbocycles. The molecule has 4 nitrogen and oxygen atoms in total. The van der Waals surface area contributed by atoms with Crippen LogP contribution in [0.25, 0.3) is 86.4 Å². The molecule has 0 N–H and O–H groups in total. The Morgan fingerprint density at radius 3 is 2.12 bits per heavy atom. The lowest BCUT2D eigenvalue weighted by Crippen LogP contribution is -2.16. The number of aromatic nitrogens is 3. The molecule has 0 fully saturated rings. The highest BCUT2D eigenvalue weighted by atomic mass is 32.1. The van der Waals surface area contributed by atoms with E-state index in [0.717, 1.165) is 43.5 Å². The van der Waals surface area contributed by atoms with Crippen LogP contribution in [0.4, 0.5) is 17.1 Å². The highest BCUT2D eigenvalue weighted by molar-refractivity contribution is 7.26. The maximum atomic E-state index is 5.35. The minimum absolute atomic E-state index is 0.702. The summed E-state index contributed by atoms with van der Waals surface area (Å²) in [5.74, 6) is 0.702. The lowest BCUT2D eigenvalue weighted by Gasteiger charge is -2.35. The average Bonchev–Trinajstić information content (AvgIpc) is 3.56. The van der Waals surface area contributed by atoms with Crippen LogP contribution in [-0.2, 0) is 0 Å². The van der Waals surface area contributed by atoms with Gasteiger partial charge in [-0.1, -0.05) is 109 Å². The summed E-state index contributed by atoms with van der Waals surface area (Å²) < 4.78 is 2.29. The highest BCUT2D eigenvalue weighted by Gasteiger charge is 2.29. The molecule has 1 aliphatic rings. The Labute approximate surface area is 291 Å². The van der Waals surface area contributed by atoms with Crippen LogP contribution in [0.5, 0.6) is 0 Å². The zero-order valence-corrected chi connectivity index (χ0v) is 27.5. The van der Waals surface area contributed by atoms with Gasteiger partial charge in [-0.3, -0.25) is 4.98 Å². The average molecular weight is 655 g/mol. The van der Waals surface area contributed by atoms with Crippen molar-refractivity contribution in [3.05, 3.63) is 158 Å². The fraction of sp³-hybridized carbons (Fsp3) is 0. The van der Waals surface area contributed by atoms with Gasteiger partial charge in [-0.05, 0) is 58.1 Å². The molecule has 0 atom stereocenters. The Morgan fingerprint density at radius 2 is 1.24 bits per heavy atom. The van der Waals surface area contributed by atoms with Gasteiger partial charge in [0.25, 0.3) is 0 Å². The van der Waals surface area contributed by atoms with Gasteiger partial charge in [0.15, 0.2) is 5.82 Å². The van der Waals surface area contributed by atoms with E-state index in [4.69, 9.17) is 9.97 Å².